The molecule has 2 aromatic rings. The van der Waals surface area contributed by atoms with Gasteiger partial charge in [0.2, 0.25) is 0 Å². The average Bonchev–Trinajstić information content (AvgIpc) is 2.41. The highest BCUT2D eigenvalue weighted by Crippen LogP contribution is 2.27. The first-order chi connectivity index (χ1) is 8.70. The zero-order valence-corrected chi connectivity index (χ0v) is 11.8. The summed E-state index contributed by atoms with van der Waals surface area (Å²) >= 11 is 9.40. The second-order valence-electron chi connectivity index (χ2n) is 3.70. The Balaban J connectivity index is 2.18. The molecule has 18 heavy (non-hydrogen) atoms. The lowest BCUT2D eigenvalue weighted by Gasteiger charge is -2.17. The molecule has 4 nitrogen and oxygen atoms in total. The van der Waals surface area contributed by atoms with Gasteiger partial charge in [-0.25, -0.2) is 9.97 Å². The van der Waals surface area contributed by atoms with Crippen molar-refractivity contribution >= 4 is 33.2 Å². The molecule has 3 N–H and O–H groups in total. The van der Waals surface area contributed by atoms with E-state index in [1.54, 1.807) is 6.20 Å². The van der Waals surface area contributed by atoms with Crippen molar-refractivity contribution in [3.8, 4) is 0 Å². The maximum atomic E-state index is 6.04. The summed E-state index contributed by atoms with van der Waals surface area (Å²) in [7, 11) is 0. The van der Waals surface area contributed by atoms with Crippen LogP contribution >= 0.6 is 27.5 Å². The molecule has 1 atom stereocenters. The van der Waals surface area contributed by atoms with Crippen LogP contribution in [-0.4, -0.2) is 16.5 Å². The number of nitrogens with zero attached hydrogens (tertiary/aromatic N) is 2. The van der Waals surface area contributed by atoms with Gasteiger partial charge in [0.25, 0.3) is 0 Å². The molecule has 1 heterocycles. The maximum Gasteiger partial charge on any atom is 0.115 e. The second kappa shape index (κ2) is 6.13. The van der Waals surface area contributed by atoms with Crippen LogP contribution in [-0.2, 0) is 0 Å². The van der Waals surface area contributed by atoms with Gasteiger partial charge >= 0.3 is 0 Å². The number of rotatable bonds is 4. The molecule has 0 saturated carbocycles. The summed E-state index contributed by atoms with van der Waals surface area (Å²) in [6, 6.07) is 7.43. The van der Waals surface area contributed by atoms with Crippen LogP contribution in [0.5, 0.6) is 0 Å². The molecule has 1 aromatic heterocycles. The quantitative estimate of drug-likeness (QED) is 0.906. The van der Waals surface area contributed by atoms with Crippen molar-refractivity contribution in [1.29, 1.82) is 0 Å². The van der Waals surface area contributed by atoms with Crippen LogP contribution in [0, 0.1) is 0 Å². The number of benzene rings is 1. The molecule has 0 saturated heterocycles. The van der Waals surface area contributed by atoms with Crippen LogP contribution in [0.25, 0.3) is 0 Å². The Hall–Kier alpha value is -1.17. The van der Waals surface area contributed by atoms with Crippen molar-refractivity contribution in [1.82, 2.24) is 9.97 Å². The van der Waals surface area contributed by atoms with E-state index >= 15 is 0 Å². The van der Waals surface area contributed by atoms with Gasteiger partial charge in [-0.15, -0.1) is 0 Å². The predicted octanol–water partition coefficient (Wildman–Crippen LogP) is 3.00. The van der Waals surface area contributed by atoms with Gasteiger partial charge in [-0.2, -0.15) is 0 Å². The molecule has 0 radical (unpaired) electrons. The first-order valence-electron chi connectivity index (χ1n) is 5.38. The molecule has 1 aromatic carbocycles. The Morgan fingerprint density at radius 1 is 1.39 bits per heavy atom. The van der Waals surface area contributed by atoms with Crippen LogP contribution in [0.4, 0.5) is 5.69 Å². The summed E-state index contributed by atoms with van der Waals surface area (Å²) in [5.41, 5.74) is 7.51. The van der Waals surface area contributed by atoms with Crippen molar-refractivity contribution in [2.45, 2.75) is 6.04 Å². The first kappa shape index (κ1) is 13.3. The van der Waals surface area contributed by atoms with Gasteiger partial charge in [-0.3, -0.25) is 0 Å². The van der Waals surface area contributed by atoms with E-state index in [0.29, 0.717) is 11.6 Å². The molecule has 2 rings (SSSR count). The van der Waals surface area contributed by atoms with Crippen molar-refractivity contribution in [3.05, 3.63) is 52.0 Å². The Morgan fingerprint density at radius 3 is 2.83 bits per heavy atom. The first-order valence-corrected chi connectivity index (χ1v) is 6.55. The van der Waals surface area contributed by atoms with Gasteiger partial charge in [0.05, 0.1) is 16.8 Å². The van der Waals surface area contributed by atoms with E-state index in [0.717, 1.165) is 15.9 Å². The predicted molar refractivity (Wildman–Crippen MR) is 76.6 cm³/mol. The molecular formula is C12H12BrClN4. The lowest BCUT2D eigenvalue weighted by molar-refractivity contribution is 0.755. The number of hydrogen-bond donors (Lipinski definition) is 2. The summed E-state index contributed by atoms with van der Waals surface area (Å²) in [5.74, 6) is 0. The molecule has 1 unspecified atom stereocenters. The zero-order valence-electron chi connectivity index (χ0n) is 9.48. The summed E-state index contributed by atoms with van der Waals surface area (Å²) in [6.07, 6.45) is 3.20. The van der Waals surface area contributed by atoms with Crippen molar-refractivity contribution in [3.63, 3.8) is 0 Å². The normalized spacial score (nSPS) is 12.2. The van der Waals surface area contributed by atoms with E-state index in [-0.39, 0.29) is 6.04 Å². The standard InChI is InChI=1S/C12H12BrClN4/c13-9-2-1-8(5-10(9)14)18-12(6-15)11-3-4-16-7-17-11/h1-5,7,12,18H,6,15H2. The van der Waals surface area contributed by atoms with Gasteiger partial charge in [-0.05, 0) is 40.2 Å². The lowest BCUT2D eigenvalue weighted by Crippen LogP contribution is -2.21. The Bertz CT molecular complexity index is 521. The number of nitrogens with two attached hydrogens (primary N) is 1. The van der Waals surface area contributed by atoms with Crippen molar-refractivity contribution < 1.29 is 0 Å². The van der Waals surface area contributed by atoms with Gasteiger partial charge < -0.3 is 11.1 Å². The number of halogens is 2. The van der Waals surface area contributed by atoms with Crippen LogP contribution in [0.3, 0.4) is 0 Å². The zero-order chi connectivity index (χ0) is 13.0. The molecule has 94 valence electrons. The fraction of sp³-hybridized carbons (Fsp3) is 0.167. The lowest BCUT2D eigenvalue weighted by atomic mass is 10.2. The smallest absolute Gasteiger partial charge is 0.115 e. The van der Waals surface area contributed by atoms with Crippen molar-refractivity contribution in [2.24, 2.45) is 5.73 Å². The highest BCUT2D eigenvalue weighted by atomic mass is 79.9. The Kier molecular flexibility index (Phi) is 4.52. The number of hydrogen-bond acceptors (Lipinski definition) is 4. The van der Waals surface area contributed by atoms with E-state index in [2.05, 4.69) is 31.2 Å². The second-order valence-corrected chi connectivity index (χ2v) is 4.96. The van der Waals surface area contributed by atoms with Gasteiger partial charge in [0.1, 0.15) is 6.33 Å². The van der Waals surface area contributed by atoms with E-state index in [9.17, 15) is 0 Å². The SMILES string of the molecule is NCC(Nc1ccc(Br)c(Cl)c1)c1ccncn1. The van der Waals surface area contributed by atoms with Gasteiger partial charge in [0, 0.05) is 22.9 Å². The molecule has 0 bridgehead atoms. The third-order valence-electron chi connectivity index (χ3n) is 2.46. The summed E-state index contributed by atoms with van der Waals surface area (Å²) in [6.45, 7) is 0.435. The molecule has 0 aliphatic heterocycles. The van der Waals surface area contributed by atoms with Crippen LogP contribution < -0.4 is 11.1 Å². The minimum atomic E-state index is -0.0646. The Labute approximate surface area is 119 Å². The van der Waals surface area contributed by atoms with Crippen LogP contribution in [0.2, 0.25) is 5.02 Å². The largest absolute Gasteiger partial charge is 0.375 e. The molecule has 6 heteroatoms. The van der Waals surface area contributed by atoms with E-state index in [1.165, 1.54) is 6.33 Å². The van der Waals surface area contributed by atoms with E-state index in [4.69, 9.17) is 17.3 Å². The van der Waals surface area contributed by atoms with Crippen LogP contribution in [0.1, 0.15) is 11.7 Å². The molecule has 0 spiro atoms. The molecule has 0 amide bonds. The monoisotopic (exact) mass is 326 g/mol. The van der Waals surface area contributed by atoms with Gasteiger partial charge in [-0.1, -0.05) is 11.6 Å². The fourth-order valence-electron chi connectivity index (χ4n) is 1.55. The fourth-order valence-corrected chi connectivity index (χ4v) is 1.97. The van der Waals surface area contributed by atoms with E-state index < -0.39 is 0 Å². The number of anilines is 1. The molecule has 0 fully saturated rings. The highest BCUT2D eigenvalue weighted by Gasteiger charge is 2.11. The third-order valence-corrected chi connectivity index (χ3v) is 3.69. The highest BCUT2D eigenvalue weighted by molar-refractivity contribution is 9.10. The average molecular weight is 328 g/mol. The van der Waals surface area contributed by atoms with Gasteiger partial charge in [0.15, 0.2) is 0 Å². The van der Waals surface area contributed by atoms with E-state index in [1.807, 2.05) is 24.3 Å². The maximum absolute atomic E-state index is 6.04. The molecule has 0 aliphatic carbocycles. The minimum Gasteiger partial charge on any atom is -0.375 e. The summed E-state index contributed by atoms with van der Waals surface area (Å²) in [5, 5.41) is 3.94. The third kappa shape index (κ3) is 3.19. The number of nitrogens with one attached hydrogen (secondary N) is 1. The van der Waals surface area contributed by atoms with Crippen molar-refractivity contribution in [2.75, 3.05) is 11.9 Å². The summed E-state index contributed by atoms with van der Waals surface area (Å²) in [4.78, 5) is 8.08. The molecule has 0 aliphatic rings. The Morgan fingerprint density at radius 2 is 2.22 bits per heavy atom. The number of aromatic nitrogens is 2. The minimum absolute atomic E-state index is 0.0646. The summed E-state index contributed by atoms with van der Waals surface area (Å²) < 4.78 is 0.862. The van der Waals surface area contributed by atoms with Crippen LogP contribution in [0.15, 0.2) is 41.3 Å². The topological polar surface area (TPSA) is 63.8 Å². The molecular weight excluding hydrogens is 316 g/mol.